The van der Waals surface area contributed by atoms with Crippen molar-refractivity contribution in [2.75, 3.05) is 17.7 Å². The molecule has 41 heavy (non-hydrogen) atoms. The molecule has 5 rings (SSSR count). The fourth-order valence-corrected chi connectivity index (χ4v) is 6.18. The van der Waals surface area contributed by atoms with E-state index in [2.05, 4.69) is 20.6 Å². The lowest BCUT2D eigenvalue weighted by Crippen LogP contribution is -2.41. The number of carbonyl (C=O) groups excluding carboxylic acids is 1. The lowest BCUT2D eigenvalue weighted by molar-refractivity contribution is 0.134. The summed E-state index contributed by atoms with van der Waals surface area (Å²) < 4.78 is 38.5. The summed E-state index contributed by atoms with van der Waals surface area (Å²) in [6, 6.07) is 13.5. The molecule has 1 saturated carbocycles. The molecule has 0 aliphatic heterocycles. The van der Waals surface area contributed by atoms with Gasteiger partial charge in [-0.3, -0.25) is 0 Å². The lowest BCUT2D eigenvalue weighted by Gasteiger charge is -2.20. The molecule has 10 nitrogen and oxygen atoms in total. The van der Waals surface area contributed by atoms with Crippen molar-refractivity contribution in [3.8, 4) is 11.5 Å². The van der Waals surface area contributed by atoms with Crippen LogP contribution in [0.25, 0.3) is 11.0 Å². The van der Waals surface area contributed by atoms with Crippen molar-refractivity contribution in [1.82, 2.24) is 19.9 Å². The summed E-state index contributed by atoms with van der Waals surface area (Å²) >= 11 is 6.55. The van der Waals surface area contributed by atoms with Crippen molar-refractivity contribution in [3.05, 3.63) is 66.1 Å². The van der Waals surface area contributed by atoms with Gasteiger partial charge in [-0.1, -0.05) is 17.7 Å². The molecule has 0 unspecified atom stereocenters. The maximum absolute atomic E-state index is 12.7. The number of sulfone groups is 1. The molecule has 0 atom stereocenters. The fraction of sp³-hybridized carbons (Fsp3) is 0.345. The van der Waals surface area contributed by atoms with Crippen molar-refractivity contribution in [2.24, 2.45) is 5.92 Å². The number of hydrogen-bond acceptors (Lipinski definition) is 8. The van der Waals surface area contributed by atoms with Crippen molar-refractivity contribution in [3.63, 3.8) is 0 Å². The molecule has 1 fully saturated rings. The summed E-state index contributed by atoms with van der Waals surface area (Å²) in [5.74, 6) is 1.74. The smallest absolute Gasteiger partial charge is 0.407 e. The number of benzene rings is 2. The van der Waals surface area contributed by atoms with Gasteiger partial charge in [-0.2, -0.15) is 0 Å². The Bertz CT molecular complexity index is 1680. The molecule has 0 spiro atoms. The van der Waals surface area contributed by atoms with Gasteiger partial charge in [0.1, 0.15) is 29.9 Å². The first-order valence-electron chi connectivity index (χ1n) is 13.3. The molecule has 2 heterocycles. The van der Waals surface area contributed by atoms with E-state index in [1.54, 1.807) is 36.4 Å². The highest BCUT2D eigenvalue weighted by Crippen LogP contribution is 2.36. The van der Waals surface area contributed by atoms with Crippen LogP contribution in [0.3, 0.4) is 0 Å². The monoisotopic (exact) mass is 597 g/mol. The van der Waals surface area contributed by atoms with Gasteiger partial charge in [-0.15, -0.1) is 0 Å². The van der Waals surface area contributed by atoms with E-state index >= 15 is 0 Å². The number of aromatic nitrogens is 3. The highest BCUT2D eigenvalue weighted by molar-refractivity contribution is 7.91. The number of anilines is 2. The SMILES string of the molecule is CC(C)(C)NC(=O)OCCn1ccc2ncnc(Nc3ccc(Oc4cccc(S(=O)(=O)CC5CC5)c4)c(Cl)c3)c21. The molecule has 2 aromatic heterocycles. The van der Waals surface area contributed by atoms with Gasteiger partial charge in [0.15, 0.2) is 15.7 Å². The summed E-state index contributed by atoms with van der Waals surface area (Å²) in [4.78, 5) is 21.0. The molecule has 1 amide bonds. The highest BCUT2D eigenvalue weighted by atomic mass is 35.5. The van der Waals surface area contributed by atoms with E-state index < -0.39 is 15.9 Å². The Morgan fingerprint density at radius 3 is 2.66 bits per heavy atom. The predicted octanol–water partition coefficient (Wildman–Crippen LogP) is 6.33. The molecule has 0 bridgehead atoms. The van der Waals surface area contributed by atoms with Gasteiger partial charge in [0, 0.05) is 17.4 Å². The number of ether oxygens (including phenoxy) is 2. The van der Waals surface area contributed by atoms with Crippen LogP contribution in [-0.4, -0.2) is 46.9 Å². The molecule has 0 saturated heterocycles. The molecule has 216 valence electrons. The Hall–Kier alpha value is -3.83. The third-order valence-corrected chi connectivity index (χ3v) is 8.51. The van der Waals surface area contributed by atoms with E-state index in [0.29, 0.717) is 34.6 Å². The van der Waals surface area contributed by atoms with Crippen LogP contribution < -0.4 is 15.4 Å². The third kappa shape index (κ3) is 7.47. The average Bonchev–Trinajstić information content (AvgIpc) is 3.60. The van der Waals surface area contributed by atoms with Gasteiger partial charge < -0.3 is 24.7 Å². The van der Waals surface area contributed by atoms with Gasteiger partial charge in [0.25, 0.3) is 0 Å². The van der Waals surface area contributed by atoms with Crippen LogP contribution in [0.1, 0.15) is 33.6 Å². The zero-order chi connectivity index (χ0) is 29.2. The molecule has 2 N–H and O–H groups in total. The zero-order valence-corrected chi connectivity index (χ0v) is 24.6. The quantitative estimate of drug-likeness (QED) is 0.217. The van der Waals surface area contributed by atoms with Gasteiger partial charge in [0.05, 0.1) is 27.7 Å². The van der Waals surface area contributed by atoms with Crippen molar-refractivity contribution in [2.45, 2.75) is 50.6 Å². The van der Waals surface area contributed by atoms with Crippen molar-refractivity contribution in [1.29, 1.82) is 0 Å². The maximum atomic E-state index is 12.7. The topological polar surface area (TPSA) is 124 Å². The van der Waals surface area contributed by atoms with Crippen LogP contribution in [0.15, 0.2) is 66.0 Å². The van der Waals surface area contributed by atoms with Crippen LogP contribution >= 0.6 is 11.6 Å². The first-order valence-corrected chi connectivity index (χ1v) is 15.3. The summed E-state index contributed by atoms with van der Waals surface area (Å²) in [5.41, 5.74) is 1.75. The largest absolute Gasteiger partial charge is 0.456 e. The minimum absolute atomic E-state index is 0.164. The van der Waals surface area contributed by atoms with Gasteiger partial charge in [-0.05, 0) is 82.0 Å². The summed E-state index contributed by atoms with van der Waals surface area (Å²) in [7, 11) is -3.36. The number of halogens is 1. The number of hydrogen-bond donors (Lipinski definition) is 2. The second kappa shape index (κ2) is 11.6. The normalized spacial score (nSPS) is 13.7. The summed E-state index contributed by atoms with van der Waals surface area (Å²) in [5, 5.41) is 6.38. The minimum atomic E-state index is -3.36. The maximum Gasteiger partial charge on any atom is 0.407 e. The van der Waals surface area contributed by atoms with Gasteiger partial charge >= 0.3 is 6.09 Å². The third-order valence-electron chi connectivity index (χ3n) is 6.33. The molecular weight excluding hydrogens is 566 g/mol. The Labute approximate surface area is 244 Å². The molecule has 1 aliphatic rings. The van der Waals surface area contributed by atoms with E-state index in [-0.39, 0.29) is 28.7 Å². The second-order valence-corrected chi connectivity index (χ2v) is 13.5. The minimum Gasteiger partial charge on any atom is -0.456 e. The molecular formula is C29H32ClN5O5S. The van der Waals surface area contributed by atoms with Crippen LogP contribution in [0.5, 0.6) is 11.5 Å². The Morgan fingerprint density at radius 1 is 1.12 bits per heavy atom. The number of carbonyl (C=O) groups is 1. The van der Waals surface area contributed by atoms with E-state index in [0.717, 1.165) is 23.9 Å². The first-order chi connectivity index (χ1) is 19.5. The number of alkyl carbamates (subject to hydrolysis) is 1. The van der Waals surface area contributed by atoms with Crippen LogP contribution in [-0.2, 0) is 21.1 Å². The lowest BCUT2D eigenvalue weighted by atomic mass is 10.1. The highest BCUT2D eigenvalue weighted by Gasteiger charge is 2.29. The number of fused-ring (bicyclic) bond motifs is 1. The van der Waals surface area contributed by atoms with Crippen LogP contribution in [0.4, 0.5) is 16.3 Å². The van der Waals surface area contributed by atoms with E-state index in [9.17, 15) is 13.2 Å². The van der Waals surface area contributed by atoms with E-state index in [1.165, 1.54) is 12.4 Å². The fourth-order valence-electron chi connectivity index (χ4n) is 4.24. The summed E-state index contributed by atoms with van der Waals surface area (Å²) in [6.07, 6.45) is 4.77. The average molecular weight is 598 g/mol. The van der Waals surface area contributed by atoms with Crippen molar-refractivity contribution < 1.29 is 22.7 Å². The first kappa shape index (κ1) is 28.7. The molecule has 0 radical (unpaired) electrons. The Kier molecular flexibility index (Phi) is 8.10. The zero-order valence-electron chi connectivity index (χ0n) is 23.1. The molecule has 1 aliphatic carbocycles. The van der Waals surface area contributed by atoms with Crippen molar-refractivity contribution >= 4 is 50.1 Å². The second-order valence-electron chi connectivity index (χ2n) is 11.0. The van der Waals surface area contributed by atoms with Crippen LogP contribution in [0, 0.1) is 5.92 Å². The molecule has 2 aromatic carbocycles. The predicted molar refractivity (Wildman–Crippen MR) is 158 cm³/mol. The standard InChI is InChI=1S/C29H32ClN5O5S/c1-29(2,3)34-28(36)39-14-13-35-12-11-24-26(35)27(32-18-31-24)33-20-9-10-25(23(30)15-20)40-21-5-4-6-22(16-21)41(37,38)17-19-7-8-19/h4-6,9-12,15-16,18-19H,7-8,13-14,17H2,1-3H3,(H,34,36)(H,31,32,33). The number of nitrogens with one attached hydrogen (secondary N) is 2. The van der Waals surface area contributed by atoms with Crippen LogP contribution in [0.2, 0.25) is 5.02 Å². The summed E-state index contributed by atoms with van der Waals surface area (Å²) in [6.45, 7) is 6.23. The van der Waals surface area contributed by atoms with Gasteiger partial charge in [-0.25, -0.2) is 23.2 Å². The van der Waals surface area contributed by atoms with E-state index in [4.69, 9.17) is 21.1 Å². The Morgan fingerprint density at radius 2 is 1.93 bits per heavy atom. The number of rotatable bonds is 10. The molecule has 4 aromatic rings. The molecule has 12 heteroatoms. The van der Waals surface area contributed by atoms with Gasteiger partial charge in [0.2, 0.25) is 0 Å². The Balaban J connectivity index is 1.28. The van der Waals surface area contributed by atoms with E-state index in [1.807, 2.05) is 37.6 Å². The number of nitrogens with zero attached hydrogens (tertiary/aromatic N) is 3. The number of amides is 1.